The number of benzene rings is 1. The predicted molar refractivity (Wildman–Crippen MR) is 88.3 cm³/mol. The lowest BCUT2D eigenvalue weighted by Crippen LogP contribution is -2.34. The van der Waals surface area contributed by atoms with E-state index in [4.69, 9.17) is 9.15 Å². The number of amides is 1. The lowest BCUT2D eigenvalue weighted by molar-refractivity contribution is -0.141. The van der Waals surface area contributed by atoms with Crippen LogP contribution in [0, 0.1) is 19.8 Å². The van der Waals surface area contributed by atoms with Gasteiger partial charge in [-0.05, 0) is 38.0 Å². The molecule has 24 heavy (non-hydrogen) atoms. The van der Waals surface area contributed by atoms with Crippen LogP contribution in [0.4, 0.5) is 0 Å². The lowest BCUT2D eigenvalue weighted by Gasteiger charge is -2.15. The van der Waals surface area contributed by atoms with Gasteiger partial charge < -0.3 is 19.6 Å². The summed E-state index contributed by atoms with van der Waals surface area (Å²) >= 11 is 0. The highest BCUT2D eigenvalue weighted by molar-refractivity contribution is 5.95. The predicted octanol–water partition coefficient (Wildman–Crippen LogP) is 2.58. The van der Waals surface area contributed by atoms with Gasteiger partial charge in [-0.15, -0.1) is 0 Å². The Labute approximate surface area is 140 Å². The number of furan rings is 1. The Morgan fingerprint density at radius 1 is 1.29 bits per heavy atom. The molecule has 2 rings (SSSR count). The third-order valence-electron chi connectivity index (χ3n) is 3.80. The molecule has 6 heteroatoms. The smallest absolute Gasteiger partial charge is 0.308 e. The lowest BCUT2D eigenvalue weighted by atomic mass is 9.98. The van der Waals surface area contributed by atoms with Crippen molar-refractivity contribution in [3.63, 3.8) is 0 Å². The van der Waals surface area contributed by atoms with Crippen molar-refractivity contribution in [1.82, 2.24) is 5.32 Å². The molecule has 0 radical (unpaired) electrons. The number of carbonyl (C=O) groups excluding carboxylic acids is 1. The van der Waals surface area contributed by atoms with Crippen molar-refractivity contribution < 1.29 is 23.8 Å². The van der Waals surface area contributed by atoms with E-state index in [1.165, 1.54) is 0 Å². The molecule has 1 atom stereocenters. The molecule has 6 nitrogen and oxygen atoms in total. The maximum absolute atomic E-state index is 12.2. The van der Waals surface area contributed by atoms with Crippen molar-refractivity contribution in [1.29, 1.82) is 0 Å². The van der Waals surface area contributed by atoms with Crippen LogP contribution >= 0.6 is 0 Å². The van der Waals surface area contributed by atoms with Gasteiger partial charge in [0.2, 0.25) is 0 Å². The van der Waals surface area contributed by atoms with E-state index in [1.54, 1.807) is 33.1 Å². The number of methoxy groups -OCH3 is 1. The molecule has 0 bridgehead atoms. The third kappa shape index (κ3) is 4.16. The van der Waals surface area contributed by atoms with E-state index in [0.717, 1.165) is 5.56 Å². The van der Waals surface area contributed by atoms with Crippen LogP contribution in [0.5, 0.6) is 5.75 Å². The molecule has 0 saturated heterocycles. The molecule has 1 heterocycles. The summed E-state index contributed by atoms with van der Waals surface area (Å²) in [6.45, 7) is 3.48. The van der Waals surface area contributed by atoms with Crippen LogP contribution in [0.3, 0.4) is 0 Å². The van der Waals surface area contributed by atoms with Gasteiger partial charge in [0.05, 0.1) is 18.6 Å². The first-order valence-corrected chi connectivity index (χ1v) is 7.62. The Bertz CT molecular complexity index is 735. The number of aliphatic carboxylic acids is 1. The second kappa shape index (κ2) is 7.68. The van der Waals surface area contributed by atoms with Crippen molar-refractivity contribution >= 4 is 11.9 Å². The average molecular weight is 331 g/mol. The fraction of sp³-hybridized carbons (Fsp3) is 0.333. The number of carbonyl (C=O) groups is 2. The van der Waals surface area contributed by atoms with Crippen LogP contribution in [-0.4, -0.2) is 30.6 Å². The molecule has 2 aromatic rings. The highest BCUT2D eigenvalue weighted by atomic mass is 16.5. The summed E-state index contributed by atoms with van der Waals surface area (Å²) < 4.78 is 10.6. The SMILES string of the molecule is COc1ccccc1CC(CNC(=O)c1cc(C)oc1C)C(=O)O. The van der Waals surface area contributed by atoms with Crippen LogP contribution < -0.4 is 10.1 Å². The van der Waals surface area contributed by atoms with Gasteiger partial charge in [-0.25, -0.2) is 0 Å². The van der Waals surface area contributed by atoms with Crippen LogP contribution in [0.25, 0.3) is 0 Å². The van der Waals surface area contributed by atoms with Gasteiger partial charge in [0.25, 0.3) is 5.91 Å². The molecule has 0 spiro atoms. The topological polar surface area (TPSA) is 88.8 Å². The van der Waals surface area contributed by atoms with Crippen LogP contribution in [0.15, 0.2) is 34.7 Å². The van der Waals surface area contributed by atoms with Gasteiger partial charge in [-0.2, -0.15) is 0 Å². The Morgan fingerprint density at radius 3 is 2.58 bits per heavy atom. The molecular formula is C18H21NO5. The van der Waals surface area contributed by atoms with Crippen molar-refractivity contribution in [3.05, 3.63) is 53.0 Å². The number of carboxylic acid groups (broad SMARTS) is 1. The van der Waals surface area contributed by atoms with Crippen molar-refractivity contribution in [2.45, 2.75) is 20.3 Å². The van der Waals surface area contributed by atoms with E-state index in [1.807, 2.05) is 18.2 Å². The fourth-order valence-electron chi connectivity index (χ4n) is 2.55. The summed E-state index contributed by atoms with van der Waals surface area (Å²) in [6, 6.07) is 8.89. The molecule has 0 aliphatic rings. The maximum atomic E-state index is 12.2. The minimum Gasteiger partial charge on any atom is -0.496 e. The Morgan fingerprint density at radius 2 is 2.00 bits per heavy atom. The van der Waals surface area contributed by atoms with Crippen molar-refractivity contribution in [2.75, 3.05) is 13.7 Å². The first kappa shape index (κ1) is 17.6. The Kier molecular flexibility index (Phi) is 5.63. The van der Waals surface area contributed by atoms with E-state index < -0.39 is 11.9 Å². The van der Waals surface area contributed by atoms with Gasteiger partial charge in [0.1, 0.15) is 17.3 Å². The second-order valence-electron chi connectivity index (χ2n) is 5.59. The number of rotatable bonds is 7. The number of ether oxygens (including phenoxy) is 1. The minimum absolute atomic E-state index is 0.0237. The van der Waals surface area contributed by atoms with E-state index in [2.05, 4.69) is 5.32 Å². The molecule has 2 N–H and O–H groups in total. The molecule has 1 aromatic heterocycles. The number of nitrogens with one attached hydrogen (secondary N) is 1. The number of aryl methyl sites for hydroxylation is 2. The molecule has 0 aliphatic carbocycles. The van der Waals surface area contributed by atoms with Crippen molar-refractivity contribution in [3.8, 4) is 5.75 Å². The van der Waals surface area contributed by atoms with Crippen LogP contribution in [-0.2, 0) is 11.2 Å². The standard InChI is InChI=1S/C18H21NO5/c1-11-8-15(12(2)24-11)17(20)19-10-14(18(21)22)9-13-6-4-5-7-16(13)23-3/h4-8,14H,9-10H2,1-3H3,(H,19,20)(H,21,22). The summed E-state index contributed by atoms with van der Waals surface area (Å²) in [5, 5.41) is 12.1. The summed E-state index contributed by atoms with van der Waals surface area (Å²) in [4.78, 5) is 23.7. The summed E-state index contributed by atoms with van der Waals surface area (Å²) in [6.07, 6.45) is 0.267. The molecule has 1 amide bonds. The van der Waals surface area contributed by atoms with E-state index >= 15 is 0 Å². The van der Waals surface area contributed by atoms with E-state index in [0.29, 0.717) is 22.8 Å². The number of carboxylic acids is 1. The number of hydrogen-bond acceptors (Lipinski definition) is 4. The number of para-hydroxylation sites is 1. The molecule has 0 saturated carbocycles. The highest BCUT2D eigenvalue weighted by Gasteiger charge is 2.22. The second-order valence-corrected chi connectivity index (χ2v) is 5.59. The van der Waals surface area contributed by atoms with Crippen molar-refractivity contribution in [2.24, 2.45) is 5.92 Å². The summed E-state index contributed by atoms with van der Waals surface area (Å²) in [5.41, 5.74) is 1.21. The zero-order valence-electron chi connectivity index (χ0n) is 14.0. The summed E-state index contributed by atoms with van der Waals surface area (Å²) in [5.74, 6) is -0.269. The zero-order chi connectivity index (χ0) is 17.7. The minimum atomic E-state index is -0.971. The first-order chi connectivity index (χ1) is 11.4. The van der Waals surface area contributed by atoms with Gasteiger partial charge in [0, 0.05) is 6.54 Å². The molecule has 128 valence electrons. The van der Waals surface area contributed by atoms with Gasteiger partial charge in [-0.1, -0.05) is 18.2 Å². The van der Waals surface area contributed by atoms with Crippen LogP contribution in [0.1, 0.15) is 27.4 Å². The Balaban J connectivity index is 2.05. The normalized spacial score (nSPS) is 11.8. The fourth-order valence-corrected chi connectivity index (χ4v) is 2.55. The molecule has 0 aliphatic heterocycles. The third-order valence-corrected chi connectivity index (χ3v) is 3.80. The van der Waals surface area contributed by atoms with Gasteiger partial charge in [0.15, 0.2) is 0 Å². The van der Waals surface area contributed by atoms with Crippen LogP contribution in [0.2, 0.25) is 0 Å². The monoisotopic (exact) mass is 331 g/mol. The first-order valence-electron chi connectivity index (χ1n) is 7.62. The molecule has 1 unspecified atom stereocenters. The molecule has 0 fully saturated rings. The quantitative estimate of drug-likeness (QED) is 0.814. The highest BCUT2D eigenvalue weighted by Crippen LogP contribution is 2.21. The van der Waals surface area contributed by atoms with E-state index in [9.17, 15) is 14.7 Å². The van der Waals surface area contributed by atoms with Gasteiger partial charge >= 0.3 is 5.97 Å². The molecular weight excluding hydrogens is 310 g/mol. The van der Waals surface area contributed by atoms with E-state index in [-0.39, 0.29) is 18.9 Å². The largest absolute Gasteiger partial charge is 0.496 e. The zero-order valence-corrected chi connectivity index (χ0v) is 14.0. The Hall–Kier alpha value is -2.76. The maximum Gasteiger partial charge on any atom is 0.308 e. The number of hydrogen-bond donors (Lipinski definition) is 2. The summed E-state index contributed by atoms with van der Waals surface area (Å²) in [7, 11) is 1.54. The average Bonchev–Trinajstić information content (AvgIpc) is 2.89. The van der Waals surface area contributed by atoms with Gasteiger partial charge in [-0.3, -0.25) is 9.59 Å². The molecule has 1 aromatic carbocycles.